The maximum absolute atomic E-state index is 2.48. The van der Waals surface area contributed by atoms with Crippen molar-refractivity contribution in [2.45, 2.75) is 31.1 Å². The van der Waals surface area contributed by atoms with Crippen LogP contribution in [0.25, 0.3) is 65.7 Å². The summed E-state index contributed by atoms with van der Waals surface area (Å²) in [5.41, 5.74) is 13.0. The van der Waals surface area contributed by atoms with Crippen molar-refractivity contribution in [3.63, 3.8) is 0 Å². The predicted molar refractivity (Wildman–Crippen MR) is 241 cm³/mol. The van der Waals surface area contributed by atoms with E-state index in [4.69, 9.17) is 0 Å². The SMILES string of the molecule is c1ccc(-c2ccc3cc(-c4ccc(N(c5ccc(C67CC8CC6CC8C7)cc5)c5ccc(-c6cccc7ccccc67)c6ccccc56)cc4)ccc3c2)cc1. The molecule has 0 heterocycles. The Bertz CT molecular complexity index is 2960. The molecule has 57 heavy (non-hydrogen) atoms. The first-order valence-corrected chi connectivity index (χ1v) is 20.8. The molecule has 0 aliphatic heterocycles. The van der Waals surface area contributed by atoms with Gasteiger partial charge in [0.05, 0.1) is 5.69 Å². The van der Waals surface area contributed by atoms with E-state index in [1.807, 2.05) is 0 Å². The molecule has 4 saturated carbocycles. The van der Waals surface area contributed by atoms with Gasteiger partial charge in [0.25, 0.3) is 0 Å². The summed E-state index contributed by atoms with van der Waals surface area (Å²) in [6.07, 6.45) is 5.70. The van der Waals surface area contributed by atoms with E-state index in [0.717, 1.165) is 23.4 Å². The summed E-state index contributed by atoms with van der Waals surface area (Å²) in [6.45, 7) is 0. The van der Waals surface area contributed by atoms with Crippen molar-refractivity contribution < 1.29 is 0 Å². The maximum atomic E-state index is 2.48. The molecule has 2 unspecified atom stereocenters. The minimum absolute atomic E-state index is 0.413. The lowest BCUT2D eigenvalue weighted by Gasteiger charge is -2.31. The fourth-order valence-electron chi connectivity index (χ4n) is 11.6. The topological polar surface area (TPSA) is 3.24 Å². The van der Waals surface area contributed by atoms with Gasteiger partial charge in [-0.3, -0.25) is 0 Å². The van der Waals surface area contributed by atoms with Crippen molar-refractivity contribution in [1.29, 1.82) is 0 Å². The van der Waals surface area contributed by atoms with Gasteiger partial charge in [0.1, 0.15) is 0 Å². The Hall–Kier alpha value is -6.44. The van der Waals surface area contributed by atoms with Gasteiger partial charge in [0.15, 0.2) is 0 Å². The molecule has 1 heteroatoms. The Morgan fingerprint density at radius 3 is 1.60 bits per heavy atom. The van der Waals surface area contributed by atoms with Gasteiger partial charge in [-0.1, -0.05) is 152 Å². The zero-order valence-electron chi connectivity index (χ0n) is 32.0. The molecule has 272 valence electrons. The van der Waals surface area contributed by atoms with E-state index in [9.17, 15) is 0 Å². The third-order valence-corrected chi connectivity index (χ3v) is 14.2. The monoisotopic (exact) mass is 729 g/mol. The summed E-state index contributed by atoms with van der Waals surface area (Å²) in [7, 11) is 0. The molecule has 2 atom stereocenters. The summed E-state index contributed by atoms with van der Waals surface area (Å²) in [4.78, 5) is 2.48. The molecule has 0 amide bonds. The lowest BCUT2D eigenvalue weighted by molar-refractivity contribution is 0.371. The fourth-order valence-corrected chi connectivity index (χ4v) is 11.6. The van der Waals surface area contributed by atoms with Crippen molar-refractivity contribution in [3.05, 3.63) is 200 Å². The molecule has 1 nitrogen and oxygen atoms in total. The second-order valence-electron chi connectivity index (χ2n) is 17.0. The van der Waals surface area contributed by atoms with Crippen molar-refractivity contribution in [2.75, 3.05) is 4.90 Å². The van der Waals surface area contributed by atoms with Gasteiger partial charge < -0.3 is 4.90 Å². The van der Waals surface area contributed by atoms with Crippen LogP contribution in [0, 0.1) is 17.8 Å². The Balaban J connectivity index is 0.957. The van der Waals surface area contributed by atoms with Gasteiger partial charge in [-0.05, 0) is 157 Å². The van der Waals surface area contributed by atoms with Crippen LogP contribution in [-0.2, 0) is 5.41 Å². The number of anilines is 3. The van der Waals surface area contributed by atoms with E-state index in [0.29, 0.717) is 5.41 Å². The Morgan fingerprint density at radius 2 is 0.930 bits per heavy atom. The van der Waals surface area contributed by atoms with Gasteiger partial charge in [-0.25, -0.2) is 0 Å². The standard InChI is InChI=1S/C56H43N/c1-2-9-37(10-3-1)40-17-19-43-32-41(18-20-42(43)31-40)38-21-25-48(26-22-38)57(49-27-23-46(24-28-49)56-35-44-33-47(56)34-45(44)36-56)55-30-29-53(52-14-6-7-15-54(52)55)51-16-8-12-39-11-4-5-13-50(39)51/h1-32,44-45,47H,33-36H2. The number of hydrogen-bond acceptors (Lipinski definition) is 1. The molecular weight excluding hydrogens is 687 g/mol. The zero-order valence-corrected chi connectivity index (χ0v) is 32.0. The molecule has 0 aromatic heterocycles. The van der Waals surface area contributed by atoms with Crippen LogP contribution in [0.1, 0.15) is 31.2 Å². The number of benzene rings is 9. The molecule has 4 bridgehead atoms. The van der Waals surface area contributed by atoms with Gasteiger partial charge >= 0.3 is 0 Å². The first-order valence-electron chi connectivity index (χ1n) is 20.8. The van der Waals surface area contributed by atoms with Crippen LogP contribution in [0.4, 0.5) is 17.1 Å². The molecule has 4 aliphatic carbocycles. The van der Waals surface area contributed by atoms with Crippen LogP contribution in [-0.4, -0.2) is 0 Å². The van der Waals surface area contributed by atoms with Gasteiger partial charge in [0.2, 0.25) is 0 Å². The molecule has 0 radical (unpaired) electrons. The van der Waals surface area contributed by atoms with Crippen LogP contribution >= 0.6 is 0 Å². The first kappa shape index (κ1) is 32.8. The summed E-state index contributed by atoms with van der Waals surface area (Å²) in [6, 6.07) is 72.4. The van der Waals surface area contributed by atoms with Gasteiger partial charge in [-0.15, -0.1) is 0 Å². The van der Waals surface area contributed by atoms with E-state index in [-0.39, 0.29) is 0 Å². The smallest absolute Gasteiger partial charge is 0.0540 e. The first-order chi connectivity index (χ1) is 28.2. The summed E-state index contributed by atoms with van der Waals surface area (Å²) in [5, 5.41) is 7.56. The predicted octanol–water partition coefficient (Wildman–Crippen LogP) is 15.3. The molecule has 4 fully saturated rings. The van der Waals surface area contributed by atoms with Crippen molar-refractivity contribution in [2.24, 2.45) is 17.8 Å². The number of fused-ring (bicyclic) bond motifs is 3. The van der Waals surface area contributed by atoms with Crippen LogP contribution in [0.3, 0.4) is 0 Å². The average Bonchev–Trinajstić information content (AvgIpc) is 4.05. The van der Waals surface area contributed by atoms with Crippen LogP contribution in [0.5, 0.6) is 0 Å². The molecule has 0 N–H and O–H groups in total. The summed E-state index contributed by atoms with van der Waals surface area (Å²) in [5.74, 6) is 2.81. The highest BCUT2D eigenvalue weighted by molar-refractivity contribution is 6.10. The van der Waals surface area contributed by atoms with E-state index in [1.54, 1.807) is 5.56 Å². The maximum Gasteiger partial charge on any atom is 0.0540 e. The fraction of sp³-hybridized carbons (Fsp3) is 0.143. The molecule has 0 spiro atoms. The zero-order chi connectivity index (χ0) is 37.5. The van der Waals surface area contributed by atoms with Crippen LogP contribution in [0.15, 0.2) is 194 Å². The highest BCUT2D eigenvalue weighted by atomic mass is 15.1. The third-order valence-electron chi connectivity index (χ3n) is 14.2. The second-order valence-corrected chi connectivity index (χ2v) is 17.0. The quantitative estimate of drug-likeness (QED) is 0.158. The minimum Gasteiger partial charge on any atom is -0.310 e. The van der Waals surface area contributed by atoms with Crippen LogP contribution in [0.2, 0.25) is 0 Å². The normalized spacial score (nSPS) is 20.6. The van der Waals surface area contributed by atoms with E-state index in [1.165, 1.54) is 103 Å². The highest BCUT2D eigenvalue weighted by Crippen LogP contribution is 2.70. The van der Waals surface area contributed by atoms with Crippen molar-refractivity contribution >= 4 is 49.4 Å². The Labute approximate surface area is 334 Å². The average molecular weight is 730 g/mol. The summed E-state index contributed by atoms with van der Waals surface area (Å²) >= 11 is 0. The minimum atomic E-state index is 0.413. The Morgan fingerprint density at radius 1 is 0.386 bits per heavy atom. The highest BCUT2D eigenvalue weighted by Gasteiger charge is 2.63. The molecule has 9 aromatic rings. The molecular formula is C56H43N. The number of rotatable bonds is 7. The largest absolute Gasteiger partial charge is 0.310 e. The van der Waals surface area contributed by atoms with Gasteiger partial charge in [0, 0.05) is 16.8 Å². The lowest BCUT2D eigenvalue weighted by Crippen LogP contribution is -2.24. The van der Waals surface area contributed by atoms with E-state index < -0.39 is 0 Å². The summed E-state index contributed by atoms with van der Waals surface area (Å²) < 4.78 is 0. The van der Waals surface area contributed by atoms with E-state index >= 15 is 0 Å². The molecule has 0 saturated heterocycles. The number of hydrogen-bond donors (Lipinski definition) is 0. The molecule has 13 rings (SSSR count). The molecule has 4 aliphatic rings. The number of nitrogens with zero attached hydrogens (tertiary/aromatic N) is 1. The lowest BCUT2D eigenvalue weighted by atomic mass is 9.75. The van der Waals surface area contributed by atoms with Gasteiger partial charge in [-0.2, -0.15) is 0 Å². The third kappa shape index (κ3) is 5.22. The van der Waals surface area contributed by atoms with Crippen molar-refractivity contribution in [1.82, 2.24) is 0 Å². The van der Waals surface area contributed by atoms with E-state index in [2.05, 4.69) is 199 Å². The molecule has 9 aromatic carbocycles. The second kappa shape index (κ2) is 12.8. The Kier molecular flexibility index (Phi) is 7.36. The van der Waals surface area contributed by atoms with Crippen LogP contribution < -0.4 is 4.90 Å². The van der Waals surface area contributed by atoms with Crippen molar-refractivity contribution in [3.8, 4) is 33.4 Å².